The van der Waals surface area contributed by atoms with E-state index in [-0.39, 0.29) is 18.8 Å². The number of hydrogen-bond donors (Lipinski definition) is 2. The summed E-state index contributed by atoms with van der Waals surface area (Å²) in [5.74, 6) is 0.114. The molecule has 0 radical (unpaired) electrons. The van der Waals surface area contributed by atoms with Crippen molar-refractivity contribution < 1.29 is 27.1 Å². The maximum Gasteiger partial charge on any atom is 0.422 e. The lowest BCUT2D eigenvalue weighted by Crippen LogP contribution is -2.24. The Balaban J connectivity index is 1.98. The van der Waals surface area contributed by atoms with Gasteiger partial charge in [0.15, 0.2) is 6.61 Å². The molecule has 1 amide bonds. The summed E-state index contributed by atoms with van der Waals surface area (Å²) < 4.78 is 46.5. The lowest BCUT2D eigenvalue weighted by Gasteiger charge is -2.13. The van der Waals surface area contributed by atoms with Gasteiger partial charge in [-0.25, -0.2) is 0 Å². The third kappa shape index (κ3) is 5.03. The maximum atomic E-state index is 12.2. The Morgan fingerprint density at radius 1 is 1.30 bits per heavy atom. The zero-order chi connectivity index (χ0) is 16.9. The molecule has 3 N–H and O–H groups in total. The van der Waals surface area contributed by atoms with Crippen LogP contribution in [0.15, 0.2) is 41.0 Å². The number of carbonyl (C=O) groups is 1. The van der Waals surface area contributed by atoms with Crippen molar-refractivity contribution in [3.05, 3.63) is 53.5 Å². The highest BCUT2D eigenvalue weighted by atomic mass is 19.4. The third-order valence-electron chi connectivity index (χ3n) is 2.92. The molecule has 0 bridgehead atoms. The monoisotopic (exact) mass is 328 g/mol. The summed E-state index contributed by atoms with van der Waals surface area (Å²) in [6, 6.07) is 7.69. The van der Waals surface area contributed by atoms with Crippen molar-refractivity contribution in [1.29, 1.82) is 0 Å². The first-order chi connectivity index (χ1) is 10.9. The van der Waals surface area contributed by atoms with Crippen molar-refractivity contribution in [3.8, 4) is 5.75 Å². The van der Waals surface area contributed by atoms with Crippen LogP contribution in [0.3, 0.4) is 0 Å². The number of nitrogens with one attached hydrogen (secondary N) is 1. The number of para-hydroxylation sites is 1. The minimum absolute atomic E-state index is 0.0238. The molecule has 1 aromatic carbocycles. The Morgan fingerprint density at radius 2 is 2.04 bits per heavy atom. The molecule has 0 spiro atoms. The molecule has 23 heavy (non-hydrogen) atoms. The standard InChI is InChI=1S/C15H15F3N2O3/c16-15(17,18)9-23-13-4-2-1-3-10(13)7-20-14(21)11-5-12(6-19)22-8-11/h1-5,8H,6-7,9,19H2,(H,20,21). The number of amides is 1. The highest BCUT2D eigenvalue weighted by molar-refractivity contribution is 5.93. The van der Waals surface area contributed by atoms with E-state index < -0.39 is 18.7 Å². The van der Waals surface area contributed by atoms with E-state index >= 15 is 0 Å². The van der Waals surface area contributed by atoms with E-state index in [1.165, 1.54) is 18.4 Å². The molecule has 0 aliphatic carbocycles. The maximum absolute atomic E-state index is 12.2. The highest BCUT2D eigenvalue weighted by Crippen LogP contribution is 2.22. The molecule has 124 valence electrons. The Hall–Kier alpha value is -2.48. The van der Waals surface area contributed by atoms with Crippen LogP contribution in [-0.2, 0) is 13.1 Å². The number of ether oxygens (including phenoxy) is 1. The molecule has 0 unspecified atom stereocenters. The highest BCUT2D eigenvalue weighted by Gasteiger charge is 2.28. The quantitative estimate of drug-likeness (QED) is 0.854. The van der Waals surface area contributed by atoms with E-state index in [2.05, 4.69) is 5.32 Å². The van der Waals surface area contributed by atoms with Gasteiger partial charge in [-0.1, -0.05) is 18.2 Å². The van der Waals surface area contributed by atoms with E-state index in [1.54, 1.807) is 18.2 Å². The molecule has 0 aliphatic rings. The number of benzene rings is 1. The fourth-order valence-electron chi connectivity index (χ4n) is 1.83. The van der Waals surface area contributed by atoms with Crippen molar-refractivity contribution >= 4 is 5.91 Å². The Bertz CT molecular complexity index is 668. The summed E-state index contributed by atoms with van der Waals surface area (Å²) in [6.45, 7) is -1.20. The molecule has 8 heteroatoms. The third-order valence-corrected chi connectivity index (χ3v) is 2.92. The Labute approximate surface area is 130 Å². The van der Waals surface area contributed by atoms with Crippen LogP contribution in [0.1, 0.15) is 21.7 Å². The van der Waals surface area contributed by atoms with Gasteiger partial charge in [0, 0.05) is 12.1 Å². The number of hydrogen-bond acceptors (Lipinski definition) is 4. The molecule has 1 heterocycles. The first kappa shape index (κ1) is 16.9. The van der Waals surface area contributed by atoms with Crippen LogP contribution in [0.5, 0.6) is 5.75 Å². The van der Waals surface area contributed by atoms with Gasteiger partial charge in [-0.15, -0.1) is 0 Å². The summed E-state index contributed by atoms with van der Waals surface area (Å²) in [5, 5.41) is 2.59. The van der Waals surface area contributed by atoms with Crippen LogP contribution in [0.4, 0.5) is 13.2 Å². The van der Waals surface area contributed by atoms with Crippen molar-refractivity contribution in [2.75, 3.05) is 6.61 Å². The summed E-state index contributed by atoms with van der Waals surface area (Å²) in [5.41, 5.74) is 6.11. The minimum atomic E-state index is -4.42. The van der Waals surface area contributed by atoms with E-state index in [0.29, 0.717) is 16.9 Å². The second kappa shape index (κ2) is 7.19. The van der Waals surface area contributed by atoms with Crippen LogP contribution in [-0.4, -0.2) is 18.7 Å². The molecule has 0 atom stereocenters. The van der Waals surface area contributed by atoms with E-state index in [9.17, 15) is 18.0 Å². The van der Waals surface area contributed by atoms with Gasteiger partial charge in [0.05, 0.1) is 12.1 Å². The lowest BCUT2D eigenvalue weighted by atomic mass is 10.2. The van der Waals surface area contributed by atoms with Crippen molar-refractivity contribution in [1.82, 2.24) is 5.32 Å². The minimum Gasteiger partial charge on any atom is -0.484 e. The number of carbonyl (C=O) groups excluding carboxylic acids is 1. The molecule has 0 aliphatic heterocycles. The molecular weight excluding hydrogens is 313 g/mol. The average molecular weight is 328 g/mol. The van der Waals surface area contributed by atoms with Crippen molar-refractivity contribution in [3.63, 3.8) is 0 Å². The van der Waals surface area contributed by atoms with Crippen molar-refractivity contribution in [2.45, 2.75) is 19.3 Å². The van der Waals surface area contributed by atoms with Gasteiger partial charge in [-0.3, -0.25) is 4.79 Å². The molecule has 0 saturated carbocycles. The molecular formula is C15H15F3N2O3. The summed E-state index contributed by atoms with van der Waals surface area (Å²) in [6.07, 6.45) is -3.16. The summed E-state index contributed by atoms with van der Waals surface area (Å²) in [7, 11) is 0. The van der Waals surface area contributed by atoms with Gasteiger partial charge in [0.25, 0.3) is 5.91 Å². The lowest BCUT2D eigenvalue weighted by molar-refractivity contribution is -0.153. The molecule has 1 aromatic heterocycles. The van der Waals surface area contributed by atoms with Crippen LogP contribution < -0.4 is 15.8 Å². The number of furan rings is 1. The van der Waals surface area contributed by atoms with Gasteiger partial charge in [-0.05, 0) is 12.1 Å². The first-order valence-electron chi connectivity index (χ1n) is 6.72. The van der Waals surface area contributed by atoms with Crippen molar-refractivity contribution in [2.24, 2.45) is 5.73 Å². The fraction of sp³-hybridized carbons (Fsp3) is 0.267. The largest absolute Gasteiger partial charge is 0.484 e. The van der Waals surface area contributed by atoms with Gasteiger partial charge in [0.1, 0.15) is 17.8 Å². The first-order valence-corrected chi connectivity index (χ1v) is 6.72. The number of alkyl halides is 3. The molecule has 0 fully saturated rings. The summed E-state index contributed by atoms with van der Waals surface area (Å²) in [4.78, 5) is 11.9. The Kier molecular flexibility index (Phi) is 5.28. The molecule has 2 aromatic rings. The van der Waals surface area contributed by atoms with Gasteiger partial charge in [-0.2, -0.15) is 13.2 Å². The molecule has 5 nitrogen and oxygen atoms in total. The average Bonchev–Trinajstić information content (AvgIpc) is 2.99. The zero-order valence-corrected chi connectivity index (χ0v) is 12.0. The smallest absolute Gasteiger partial charge is 0.422 e. The normalized spacial score (nSPS) is 11.3. The predicted molar refractivity (Wildman–Crippen MR) is 75.8 cm³/mol. The second-order valence-electron chi connectivity index (χ2n) is 4.70. The number of nitrogens with two attached hydrogens (primary N) is 1. The van der Waals surface area contributed by atoms with Gasteiger partial charge >= 0.3 is 6.18 Å². The van der Waals surface area contributed by atoms with Gasteiger partial charge < -0.3 is 20.2 Å². The summed E-state index contributed by atoms with van der Waals surface area (Å²) >= 11 is 0. The topological polar surface area (TPSA) is 77.5 Å². The van der Waals surface area contributed by atoms with Crippen LogP contribution in [0, 0.1) is 0 Å². The van der Waals surface area contributed by atoms with E-state index in [0.717, 1.165) is 0 Å². The number of rotatable bonds is 6. The fourth-order valence-corrected chi connectivity index (χ4v) is 1.83. The zero-order valence-electron chi connectivity index (χ0n) is 12.0. The van der Waals surface area contributed by atoms with Crippen LogP contribution >= 0.6 is 0 Å². The Morgan fingerprint density at radius 3 is 2.70 bits per heavy atom. The molecule has 0 saturated heterocycles. The van der Waals surface area contributed by atoms with Gasteiger partial charge in [0.2, 0.25) is 0 Å². The van der Waals surface area contributed by atoms with E-state index in [4.69, 9.17) is 14.9 Å². The second-order valence-corrected chi connectivity index (χ2v) is 4.70. The predicted octanol–water partition coefficient (Wildman–Crippen LogP) is 2.61. The van der Waals surface area contributed by atoms with Crippen LogP contribution in [0.2, 0.25) is 0 Å². The number of halogens is 3. The molecule has 2 rings (SSSR count). The van der Waals surface area contributed by atoms with E-state index in [1.807, 2.05) is 0 Å². The SMILES string of the molecule is NCc1cc(C(=O)NCc2ccccc2OCC(F)(F)F)co1. The van der Waals surface area contributed by atoms with Crippen LogP contribution in [0.25, 0.3) is 0 Å².